The van der Waals surface area contributed by atoms with Gasteiger partial charge in [0.05, 0.1) is 12.3 Å². The number of amides is 1. The third kappa shape index (κ3) is 7.90. The van der Waals surface area contributed by atoms with E-state index in [1.807, 2.05) is 30.3 Å². The molecule has 0 heterocycles. The van der Waals surface area contributed by atoms with Gasteiger partial charge in [-0.1, -0.05) is 69.4 Å². The van der Waals surface area contributed by atoms with Gasteiger partial charge in [-0.05, 0) is 12.0 Å². The van der Waals surface area contributed by atoms with Gasteiger partial charge in [0, 0.05) is 6.54 Å². The summed E-state index contributed by atoms with van der Waals surface area (Å²) in [6, 6.07) is 9.10. The van der Waals surface area contributed by atoms with Crippen LogP contribution in [0.4, 0.5) is 0 Å². The van der Waals surface area contributed by atoms with E-state index in [0.717, 1.165) is 35.6 Å². The molecular weight excluding hydrogens is 328 g/mol. The molecular formula is C17H28N2O4S. The molecule has 1 amide bonds. The molecule has 0 bridgehead atoms. The zero-order chi connectivity index (χ0) is 17.8. The normalized spacial score (nSPS) is 11.6. The minimum absolute atomic E-state index is 0.0185. The van der Waals surface area contributed by atoms with Crippen molar-refractivity contribution in [3.05, 3.63) is 35.9 Å². The van der Waals surface area contributed by atoms with Gasteiger partial charge < -0.3 is 0 Å². The molecule has 1 aromatic rings. The molecule has 0 aliphatic heterocycles. The third-order valence-corrected chi connectivity index (χ3v) is 5.65. The van der Waals surface area contributed by atoms with Crippen molar-refractivity contribution < 1.29 is 18.4 Å². The van der Waals surface area contributed by atoms with Gasteiger partial charge in [-0.2, -0.15) is 4.31 Å². The second-order valence-corrected chi connectivity index (χ2v) is 7.96. The number of rotatable bonds is 12. The Kier molecular flexibility index (Phi) is 9.59. The van der Waals surface area contributed by atoms with Crippen LogP contribution >= 0.6 is 0 Å². The fourth-order valence-electron chi connectivity index (χ4n) is 2.43. The Bertz CT molecular complexity index is 576. The lowest BCUT2D eigenvalue weighted by atomic mass is 10.1. The number of nitrogens with one attached hydrogen (secondary N) is 1. The van der Waals surface area contributed by atoms with E-state index in [2.05, 4.69) is 6.92 Å². The first-order valence-corrected chi connectivity index (χ1v) is 10.0. The number of hydrogen-bond acceptors (Lipinski definition) is 4. The van der Waals surface area contributed by atoms with Gasteiger partial charge in [-0.25, -0.2) is 13.9 Å². The van der Waals surface area contributed by atoms with Crippen molar-refractivity contribution in [3.63, 3.8) is 0 Å². The number of carbonyl (C=O) groups is 1. The van der Waals surface area contributed by atoms with Gasteiger partial charge in [-0.3, -0.25) is 10.0 Å². The minimum atomic E-state index is -3.56. The molecule has 6 nitrogen and oxygen atoms in total. The average Bonchev–Trinajstić information content (AvgIpc) is 2.58. The Labute approximate surface area is 144 Å². The van der Waals surface area contributed by atoms with Gasteiger partial charge in [0.2, 0.25) is 10.0 Å². The number of hydrogen-bond donors (Lipinski definition) is 2. The van der Waals surface area contributed by atoms with Crippen LogP contribution in [0.3, 0.4) is 0 Å². The van der Waals surface area contributed by atoms with Crippen LogP contribution in [0.15, 0.2) is 30.3 Å². The summed E-state index contributed by atoms with van der Waals surface area (Å²) in [5.41, 5.74) is 2.30. The van der Waals surface area contributed by atoms with Gasteiger partial charge in [-0.15, -0.1) is 0 Å². The predicted molar refractivity (Wildman–Crippen MR) is 93.9 cm³/mol. The van der Waals surface area contributed by atoms with Crippen LogP contribution < -0.4 is 5.48 Å². The average molecular weight is 356 g/mol. The molecule has 0 fully saturated rings. The molecule has 0 aliphatic rings. The molecule has 136 valence electrons. The number of sulfonamides is 1. The Morgan fingerprint density at radius 1 is 1.08 bits per heavy atom. The molecule has 0 aliphatic carbocycles. The highest BCUT2D eigenvalue weighted by Crippen LogP contribution is 2.13. The van der Waals surface area contributed by atoms with Crippen LogP contribution in [0.5, 0.6) is 0 Å². The van der Waals surface area contributed by atoms with Crippen molar-refractivity contribution in [1.29, 1.82) is 0 Å². The van der Waals surface area contributed by atoms with Crippen molar-refractivity contribution in [3.8, 4) is 0 Å². The summed E-state index contributed by atoms with van der Waals surface area (Å²) >= 11 is 0. The van der Waals surface area contributed by atoms with Crippen molar-refractivity contribution in [2.45, 2.75) is 52.0 Å². The van der Waals surface area contributed by atoms with Crippen molar-refractivity contribution in [1.82, 2.24) is 9.79 Å². The lowest BCUT2D eigenvalue weighted by molar-refractivity contribution is -0.129. The Hall–Kier alpha value is -1.44. The van der Waals surface area contributed by atoms with E-state index in [0.29, 0.717) is 6.42 Å². The Morgan fingerprint density at radius 2 is 1.71 bits per heavy atom. The molecule has 0 aromatic heterocycles. The lowest BCUT2D eigenvalue weighted by Gasteiger charge is -2.21. The van der Waals surface area contributed by atoms with E-state index >= 15 is 0 Å². The number of carbonyl (C=O) groups excluding carboxylic acids is 1. The van der Waals surface area contributed by atoms with Crippen molar-refractivity contribution in [2.24, 2.45) is 0 Å². The molecule has 0 atom stereocenters. The van der Waals surface area contributed by atoms with Crippen LogP contribution in [-0.4, -0.2) is 36.1 Å². The molecule has 24 heavy (non-hydrogen) atoms. The van der Waals surface area contributed by atoms with Crippen molar-refractivity contribution >= 4 is 15.9 Å². The van der Waals surface area contributed by atoms with E-state index < -0.39 is 15.9 Å². The largest absolute Gasteiger partial charge is 0.289 e. The Morgan fingerprint density at radius 3 is 2.33 bits per heavy atom. The van der Waals surface area contributed by atoms with E-state index in [1.54, 1.807) is 0 Å². The highest BCUT2D eigenvalue weighted by molar-refractivity contribution is 7.89. The highest BCUT2D eigenvalue weighted by Gasteiger charge is 2.24. The van der Waals surface area contributed by atoms with Crippen LogP contribution in [0, 0.1) is 0 Å². The molecule has 1 aromatic carbocycles. The van der Waals surface area contributed by atoms with E-state index in [1.165, 1.54) is 11.9 Å². The minimum Gasteiger partial charge on any atom is -0.289 e. The second-order valence-electron chi connectivity index (χ2n) is 5.87. The van der Waals surface area contributed by atoms with E-state index in [-0.39, 0.29) is 18.8 Å². The highest BCUT2D eigenvalue weighted by atomic mass is 32.2. The summed E-state index contributed by atoms with van der Waals surface area (Å²) in [7, 11) is -3.56. The smallest absolute Gasteiger partial charge is 0.258 e. The summed E-state index contributed by atoms with van der Waals surface area (Å²) < 4.78 is 26.2. The number of benzene rings is 1. The monoisotopic (exact) mass is 356 g/mol. The van der Waals surface area contributed by atoms with E-state index in [9.17, 15) is 13.2 Å². The van der Waals surface area contributed by atoms with Crippen LogP contribution in [0.2, 0.25) is 0 Å². The van der Waals surface area contributed by atoms with Crippen LogP contribution in [0.25, 0.3) is 0 Å². The molecule has 7 heteroatoms. The number of hydroxylamine groups is 1. The maximum atomic E-state index is 12.5. The van der Waals surface area contributed by atoms with Gasteiger partial charge >= 0.3 is 0 Å². The summed E-state index contributed by atoms with van der Waals surface area (Å²) in [5, 5.41) is 8.69. The molecule has 1 rings (SSSR count). The number of unbranched alkanes of at least 4 members (excludes halogenated alkanes) is 5. The van der Waals surface area contributed by atoms with Gasteiger partial charge in [0.15, 0.2) is 0 Å². The standard InChI is InChI=1S/C17H28N2O4S/c1-2-3-4-5-6-10-13-24(22,23)19(15-17(20)18-21)14-16-11-8-7-9-12-16/h7-9,11-12,21H,2-6,10,13-15H2,1H3,(H,18,20). The third-order valence-electron chi connectivity index (χ3n) is 3.80. The number of nitrogens with zero attached hydrogens (tertiary/aromatic N) is 1. The SMILES string of the molecule is CCCCCCCCS(=O)(=O)N(CC(=O)NO)Cc1ccccc1. The summed E-state index contributed by atoms with van der Waals surface area (Å²) in [4.78, 5) is 11.4. The predicted octanol–water partition coefficient (Wildman–Crippen LogP) is 2.68. The zero-order valence-corrected chi connectivity index (χ0v) is 15.1. The fraction of sp³-hybridized carbons (Fsp3) is 0.588. The summed E-state index contributed by atoms with van der Waals surface area (Å²) in [5.74, 6) is -0.720. The van der Waals surface area contributed by atoms with Gasteiger partial charge in [0.1, 0.15) is 0 Å². The lowest BCUT2D eigenvalue weighted by Crippen LogP contribution is -2.40. The first-order chi connectivity index (χ1) is 11.5. The topological polar surface area (TPSA) is 86.7 Å². The molecule has 0 unspecified atom stereocenters. The molecule has 2 N–H and O–H groups in total. The van der Waals surface area contributed by atoms with Crippen molar-refractivity contribution in [2.75, 3.05) is 12.3 Å². The zero-order valence-electron chi connectivity index (χ0n) is 14.3. The summed E-state index contributed by atoms with van der Waals surface area (Å²) in [6.45, 7) is 1.87. The fourth-order valence-corrected chi connectivity index (χ4v) is 3.92. The molecule has 0 saturated carbocycles. The Balaban J connectivity index is 2.64. The van der Waals surface area contributed by atoms with Gasteiger partial charge in [0.25, 0.3) is 5.91 Å². The molecule has 0 saturated heterocycles. The maximum absolute atomic E-state index is 12.5. The molecule has 0 spiro atoms. The maximum Gasteiger partial charge on any atom is 0.258 e. The van der Waals surface area contributed by atoms with Crippen LogP contribution in [-0.2, 0) is 21.4 Å². The second kappa shape index (κ2) is 11.2. The van der Waals surface area contributed by atoms with Crippen LogP contribution in [0.1, 0.15) is 51.0 Å². The molecule has 0 radical (unpaired) electrons. The first-order valence-electron chi connectivity index (χ1n) is 8.44. The summed E-state index contributed by atoms with van der Waals surface area (Å²) in [6.07, 6.45) is 5.92. The quantitative estimate of drug-likeness (QED) is 0.342. The van der Waals surface area contributed by atoms with E-state index in [4.69, 9.17) is 5.21 Å². The first kappa shape index (κ1) is 20.6.